The summed E-state index contributed by atoms with van der Waals surface area (Å²) >= 11 is 9.44. The van der Waals surface area contributed by atoms with Gasteiger partial charge in [0.25, 0.3) is 0 Å². The second-order valence-corrected chi connectivity index (χ2v) is 4.73. The van der Waals surface area contributed by atoms with Crippen LogP contribution in [-0.4, -0.2) is 18.2 Å². The SMILES string of the molecule is COc1cc2ccc(Br)cc2c(Cl)c1C(=O)O. The molecule has 0 saturated carbocycles. The lowest BCUT2D eigenvalue weighted by Crippen LogP contribution is -2.02. The number of hydrogen-bond acceptors (Lipinski definition) is 2. The number of ether oxygens (including phenoxy) is 1. The molecule has 3 nitrogen and oxygen atoms in total. The molecular formula is C12H8BrClO3. The topological polar surface area (TPSA) is 46.5 Å². The smallest absolute Gasteiger partial charge is 0.341 e. The van der Waals surface area contributed by atoms with Gasteiger partial charge in [-0.3, -0.25) is 0 Å². The van der Waals surface area contributed by atoms with Gasteiger partial charge >= 0.3 is 5.97 Å². The lowest BCUT2D eigenvalue weighted by atomic mass is 10.1. The fraction of sp³-hybridized carbons (Fsp3) is 0.0833. The summed E-state index contributed by atoms with van der Waals surface area (Å²) in [6.07, 6.45) is 0. The van der Waals surface area contributed by atoms with Crippen molar-refractivity contribution in [2.45, 2.75) is 0 Å². The number of fused-ring (bicyclic) bond motifs is 1. The van der Waals surface area contributed by atoms with Crippen molar-refractivity contribution in [3.05, 3.63) is 39.3 Å². The second-order valence-electron chi connectivity index (χ2n) is 3.44. The fourth-order valence-corrected chi connectivity index (χ4v) is 2.36. The lowest BCUT2D eigenvalue weighted by Gasteiger charge is -2.10. The number of methoxy groups -OCH3 is 1. The first-order valence-electron chi connectivity index (χ1n) is 4.73. The van der Waals surface area contributed by atoms with Gasteiger partial charge in [-0.05, 0) is 23.6 Å². The quantitative estimate of drug-likeness (QED) is 0.912. The summed E-state index contributed by atoms with van der Waals surface area (Å²) in [6.45, 7) is 0. The Hall–Kier alpha value is -1.26. The molecule has 0 saturated heterocycles. The van der Waals surface area contributed by atoms with Crippen LogP contribution in [0.3, 0.4) is 0 Å². The minimum absolute atomic E-state index is 0.0141. The largest absolute Gasteiger partial charge is 0.496 e. The highest BCUT2D eigenvalue weighted by atomic mass is 79.9. The van der Waals surface area contributed by atoms with Crippen LogP contribution in [0, 0.1) is 0 Å². The zero-order valence-corrected chi connectivity index (χ0v) is 11.2. The molecule has 0 spiro atoms. The van der Waals surface area contributed by atoms with Crippen molar-refractivity contribution in [3.63, 3.8) is 0 Å². The number of halogens is 2. The number of benzene rings is 2. The molecule has 0 bridgehead atoms. The van der Waals surface area contributed by atoms with Crippen LogP contribution in [0.2, 0.25) is 5.02 Å². The van der Waals surface area contributed by atoms with E-state index in [1.54, 1.807) is 12.1 Å². The lowest BCUT2D eigenvalue weighted by molar-refractivity contribution is 0.0694. The number of carboxylic acids is 1. The third-order valence-corrected chi connectivity index (χ3v) is 3.32. The summed E-state index contributed by atoms with van der Waals surface area (Å²) in [6, 6.07) is 7.15. The molecule has 0 fully saturated rings. The maximum atomic E-state index is 11.2. The Morgan fingerprint density at radius 3 is 2.71 bits per heavy atom. The predicted octanol–water partition coefficient (Wildman–Crippen LogP) is 3.96. The second kappa shape index (κ2) is 4.55. The zero-order valence-electron chi connectivity index (χ0n) is 8.83. The van der Waals surface area contributed by atoms with Crippen molar-refractivity contribution < 1.29 is 14.6 Å². The van der Waals surface area contributed by atoms with Gasteiger partial charge in [0, 0.05) is 9.86 Å². The van der Waals surface area contributed by atoms with Crippen molar-refractivity contribution in [2.75, 3.05) is 7.11 Å². The van der Waals surface area contributed by atoms with Crippen LogP contribution < -0.4 is 4.74 Å². The van der Waals surface area contributed by atoms with Gasteiger partial charge in [0.2, 0.25) is 0 Å². The summed E-state index contributed by atoms with van der Waals surface area (Å²) in [5, 5.41) is 10.8. The Morgan fingerprint density at radius 1 is 1.41 bits per heavy atom. The summed E-state index contributed by atoms with van der Waals surface area (Å²) in [7, 11) is 1.42. The third-order valence-electron chi connectivity index (χ3n) is 2.44. The zero-order chi connectivity index (χ0) is 12.6. The molecule has 2 aromatic rings. The van der Waals surface area contributed by atoms with Crippen molar-refractivity contribution in [1.82, 2.24) is 0 Å². The first-order valence-corrected chi connectivity index (χ1v) is 5.90. The van der Waals surface area contributed by atoms with E-state index >= 15 is 0 Å². The molecule has 0 heterocycles. The average molecular weight is 316 g/mol. The van der Waals surface area contributed by atoms with Crippen molar-refractivity contribution >= 4 is 44.3 Å². The molecule has 2 aromatic carbocycles. The summed E-state index contributed by atoms with van der Waals surface area (Å²) in [5.41, 5.74) is -0.0141. The molecular weight excluding hydrogens is 307 g/mol. The molecule has 0 radical (unpaired) electrons. The van der Waals surface area contributed by atoms with E-state index in [9.17, 15) is 4.79 Å². The molecule has 2 rings (SSSR count). The van der Waals surface area contributed by atoms with Gasteiger partial charge in [-0.1, -0.05) is 33.6 Å². The maximum Gasteiger partial charge on any atom is 0.341 e. The number of carboxylic acid groups (broad SMARTS) is 1. The van der Waals surface area contributed by atoms with Crippen LogP contribution in [0.25, 0.3) is 10.8 Å². The fourth-order valence-electron chi connectivity index (χ4n) is 1.66. The Labute approximate surface area is 111 Å². The first-order chi connectivity index (χ1) is 8.04. The highest BCUT2D eigenvalue weighted by Gasteiger charge is 2.18. The predicted molar refractivity (Wildman–Crippen MR) is 70.2 cm³/mol. The van der Waals surface area contributed by atoms with Crippen LogP contribution in [0.5, 0.6) is 5.75 Å². The Morgan fingerprint density at radius 2 is 2.12 bits per heavy atom. The minimum atomic E-state index is -1.10. The van der Waals surface area contributed by atoms with Gasteiger partial charge in [0.15, 0.2) is 0 Å². The molecule has 0 atom stereocenters. The molecule has 5 heteroatoms. The molecule has 1 N–H and O–H groups in total. The number of carbonyl (C=O) groups is 1. The summed E-state index contributed by atoms with van der Waals surface area (Å²) in [4.78, 5) is 11.2. The van der Waals surface area contributed by atoms with E-state index in [2.05, 4.69) is 15.9 Å². The number of aromatic carboxylic acids is 1. The highest BCUT2D eigenvalue weighted by molar-refractivity contribution is 9.10. The molecule has 17 heavy (non-hydrogen) atoms. The van der Waals surface area contributed by atoms with Crippen molar-refractivity contribution in [1.29, 1.82) is 0 Å². The van der Waals surface area contributed by atoms with Crippen LogP contribution in [0.4, 0.5) is 0 Å². The first kappa shape index (κ1) is 12.2. The molecule has 0 aliphatic carbocycles. The number of rotatable bonds is 2. The summed E-state index contributed by atoms with van der Waals surface area (Å²) < 4.78 is 5.89. The van der Waals surface area contributed by atoms with E-state index in [-0.39, 0.29) is 16.3 Å². The molecule has 0 unspecified atom stereocenters. The van der Waals surface area contributed by atoms with Crippen LogP contribution in [-0.2, 0) is 0 Å². The Balaban J connectivity index is 2.88. The molecule has 0 aromatic heterocycles. The van der Waals surface area contributed by atoms with E-state index in [0.29, 0.717) is 5.39 Å². The molecule has 88 valence electrons. The van der Waals surface area contributed by atoms with Crippen LogP contribution in [0.15, 0.2) is 28.7 Å². The monoisotopic (exact) mass is 314 g/mol. The standard InChI is InChI=1S/C12H8BrClO3/c1-17-9-4-6-2-3-7(13)5-8(6)11(14)10(9)12(15)16/h2-5H,1H3,(H,15,16). The van der Waals surface area contributed by atoms with E-state index in [1.165, 1.54) is 7.11 Å². The maximum absolute atomic E-state index is 11.2. The minimum Gasteiger partial charge on any atom is -0.496 e. The van der Waals surface area contributed by atoms with E-state index in [4.69, 9.17) is 21.4 Å². The van der Waals surface area contributed by atoms with Gasteiger partial charge in [-0.15, -0.1) is 0 Å². The molecule has 0 aliphatic rings. The Kier molecular flexibility index (Phi) is 3.26. The molecule has 0 amide bonds. The van der Waals surface area contributed by atoms with Crippen LogP contribution >= 0.6 is 27.5 Å². The molecule has 0 aliphatic heterocycles. The van der Waals surface area contributed by atoms with Crippen molar-refractivity contribution in [2.24, 2.45) is 0 Å². The van der Waals surface area contributed by atoms with E-state index in [0.717, 1.165) is 9.86 Å². The van der Waals surface area contributed by atoms with Crippen LogP contribution in [0.1, 0.15) is 10.4 Å². The van der Waals surface area contributed by atoms with Crippen molar-refractivity contribution in [3.8, 4) is 5.75 Å². The van der Waals surface area contributed by atoms with Gasteiger partial charge in [0.1, 0.15) is 11.3 Å². The average Bonchev–Trinajstić information content (AvgIpc) is 2.29. The summed E-state index contributed by atoms with van der Waals surface area (Å²) in [5.74, 6) is -0.842. The van der Waals surface area contributed by atoms with E-state index < -0.39 is 5.97 Å². The number of hydrogen-bond donors (Lipinski definition) is 1. The Bertz CT molecular complexity index is 610. The highest BCUT2D eigenvalue weighted by Crippen LogP contribution is 2.35. The third kappa shape index (κ3) is 2.10. The van der Waals surface area contributed by atoms with Gasteiger partial charge in [0.05, 0.1) is 12.1 Å². The van der Waals surface area contributed by atoms with Gasteiger partial charge < -0.3 is 9.84 Å². The van der Waals surface area contributed by atoms with Gasteiger partial charge in [-0.2, -0.15) is 0 Å². The van der Waals surface area contributed by atoms with Gasteiger partial charge in [-0.25, -0.2) is 4.79 Å². The van der Waals surface area contributed by atoms with E-state index in [1.807, 2.05) is 12.1 Å². The normalized spacial score (nSPS) is 10.5.